The minimum absolute atomic E-state index is 0.0192. The zero-order valence-electron chi connectivity index (χ0n) is 15.3. The number of ether oxygens (including phenoxy) is 2. The molecule has 1 heterocycles. The SMILES string of the molecule is COc1cc(CN(CCO)Cc2ncc[nH]2)cc(Cl)c1OCC(N)=O.O=CO. The zero-order valence-corrected chi connectivity index (χ0v) is 16.1. The van der Waals surface area contributed by atoms with Gasteiger partial charge in [0.05, 0.1) is 25.3 Å². The van der Waals surface area contributed by atoms with Crippen molar-refractivity contribution in [3.05, 3.63) is 40.9 Å². The van der Waals surface area contributed by atoms with Crippen molar-refractivity contribution in [3.63, 3.8) is 0 Å². The molecule has 0 saturated carbocycles. The summed E-state index contributed by atoms with van der Waals surface area (Å²) in [6, 6.07) is 3.50. The molecule has 1 amide bonds. The first-order valence-corrected chi connectivity index (χ1v) is 8.49. The summed E-state index contributed by atoms with van der Waals surface area (Å²) in [4.78, 5) is 28.5. The number of aromatic nitrogens is 2. The van der Waals surface area contributed by atoms with Crippen LogP contribution in [-0.2, 0) is 22.7 Å². The van der Waals surface area contributed by atoms with Crippen LogP contribution < -0.4 is 15.2 Å². The third-order valence-electron chi connectivity index (χ3n) is 3.40. The lowest BCUT2D eigenvalue weighted by Crippen LogP contribution is -2.26. The number of nitrogens with one attached hydrogen (secondary N) is 1. The fourth-order valence-corrected chi connectivity index (χ4v) is 2.65. The standard InChI is InChI=1S/C16H21ClN4O4.CH2O2/c1-24-13-7-11(6-12(17)16(13)25-10-14(18)23)8-21(4-5-22)9-15-19-2-3-20-15;2-1-3/h2-3,6-7,22H,4-5,8-10H2,1H3,(H2,18,23)(H,19,20);1H,(H,2,3). The van der Waals surface area contributed by atoms with E-state index in [-0.39, 0.29) is 25.4 Å². The van der Waals surface area contributed by atoms with Gasteiger partial charge in [0.25, 0.3) is 12.4 Å². The van der Waals surface area contributed by atoms with E-state index in [0.29, 0.717) is 30.4 Å². The number of carbonyl (C=O) groups is 2. The Morgan fingerprint density at radius 2 is 2.14 bits per heavy atom. The van der Waals surface area contributed by atoms with Crippen LogP contribution in [0.2, 0.25) is 5.02 Å². The van der Waals surface area contributed by atoms with E-state index >= 15 is 0 Å². The maximum Gasteiger partial charge on any atom is 0.290 e. The lowest BCUT2D eigenvalue weighted by atomic mass is 10.2. The molecule has 0 aliphatic heterocycles. The van der Waals surface area contributed by atoms with Crippen molar-refractivity contribution in [2.75, 3.05) is 26.9 Å². The number of carbonyl (C=O) groups excluding carboxylic acids is 1. The Labute approximate surface area is 166 Å². The molecule has 10 nitrogen and oxygen atoms in total. The van der Waals surface area contributed by atoms with Gasteiger partial charge in [0.15, 0.2) is 18.1 Å². The van der Waals surface area contributed by atoms with Gasteiger partial charge in [0.2, 0.25) is 0 Å². The average molecular weight is 415 g/mol. The Balaban J connectivity index is 0.00000122. The number of benzene rings is 1. The Morgan fingerprint density at radius 1 is 1.43 bits per heavy atom. The molecule has 0 aliphatic rings. The molecule has 0 saturated heterocycles. The highest BCUT2D eigenvalue weighted by Gasteiger charge is 2.15. The van der Waals surface area contributed by atoms with E-state index in [1.54, 1.807) is 24.5 Å². The van der Waals surface area contributed by atoms with Crippen LogP contribution in [0.1, 0.15) is 11.4 Å². The molecule has 1 aromatic carbocycles. The number of carboxylic acid groups (broad SMARTS) is 1. The van der Waals surface area contributed by atoms with Crippen molar-refractivity contribution in [2.45, 2.75) is 13.1 Å². The van der Waals surface area contributed by atoms with Crippen molar-refractivity contribution >= 4 is 24.0 Å². The first-order chi connectivity index (χ1) is 13.4. The number of rotatable bonds is 10. The molecule has 0 atom stereocenters. The van der Waals surface area contributed by atoms with E-state index in [1.165, 1.54) is 7.11 Å². The van der Waals surface area contributed by atoms with Crippen LogP contribution in [0.4, 0.5) is 0 Å². The van der Waals surface area contributed by atoms with Crippen LogP contribution in [0, 0.1) is 0 Å². The van der Waals surface area contributed by atoms with Crippen LogP contribution in [0.25, 0.3) is 0 Å². The van der Waals surface area contributed by atoms with E-state index in [2.05, 4.69) is 9.97 Å². The molecule has 11 heteroatoms. The summed E-state index contributed by atoms with van der Waals surface area (Å²) in [5.74, 6) is 0.875. The number of aliphatic hydroxyl groups excluding tert-OH is 1. The summed E-state index contributed by atoms with van der Waals surface area (Å²) in [5, 5.41) is 16.5. The lowest BCUT2D eigenvalue weighted by molar-refractivity contribution is -0.123. The van der Waals surface area contributed by atoms with Crippen LogP contribution in [0.15, 0.2) is 24.5 Å². The molecule has 1 aromatic heterocycles. The Morgan fingerprint density at radius 3 is 2.68 bits per heavy atom. The van der Waals surface area contributed by atoms with Crippen LogP contribution >= 0.6 is 11.6 Å². The second-order valence-corrected chi connectivity index (χ2v) is 5.85. The average Bonchev–Trinajstić information content (AvgIpc) is 3.14. The van der Waals surface area contributed by atoms with E-state index in [0.717, 1.165) is 11.4 Å². The minimum Gasteiger partial charge on any atom is -0.493 e. The predicted molar refractivity (Wildman–Crippen MR) is 101 cm³/mol. The summed E-state index contributed by atoms with van der Waals surface area (Å²) in [6.45, 7) is 1.03. The fourth-order valence-electron chi connectivity index (χ4n) is 2.36. The van der Waals surface area contributed by atoms with E-state index in [1.807, 2.05) is 4.90 Å². The first-order valence-electron chi connectivity index (χ1n) is 8.11. The molecular formula is C17H23ClN4O6. The Kier molecular flexibility index (Phi) is 10.4. The van der Waals surface area contributed by atoms with Crippen molar-refractivity contribution < 1.29 is 29.3 Å². The number of nitrogens with zero attached hydrogens (tertiary/aromatic N) is 2. The molecule has 0 radical (unpaired) electrons. The molecule has 0 bridgehead atoms. The molecule has 5 N–H and O–H groups in total. The van der Waals surface area contributed by atoms with Crippen LogP contribution in [-0.4, -0.2) is 64.3 Å². The van der Waals surface area contributed by atoms with Crippen LogP contribution in [0.3, 0.4) is 0 Å². The van der Waals surface area contributed by atoms with Gasteiger partial charge in [0.1, 0.15) is 5.82 Å². The van der Waals surface area contributed by atoms with Crippen molar-refractivity contribution in [3.8, 4) is 11.5 Å². The molecule has 2 aromatic rings. The Bertz CT molecular complexity index is 741. The van der Waals surface area contributed by atoms with Gasteiger partial charge in [-0.2, -0.15) is 0 Å². The number of primary amides is 1. The second-order valence-electron chi connectivity index (χ2n) is 5.44. The minimum atomic E-state index is -0.602. The number of methoxy groups -OCH3 is 1. The highest BCUT2D eigenvalue weighted by atomic mass is 35.5. The third-order valence-corrected chi connectivity index (χ3v) is 3.68. The number of H-pyrrole nitrogens is 1. The summed E-state index contributed by atoms with van der Waals surface area (Å²) in [7, 11) is 1.49. The topological polar surface area (TPSA) is 151 Å². The van der Waals surface area contributed by atoms with Gasteiger partial charge in [0, 0.05) is 25.5 Å². The molecule has 0 aliphatic carbocycles. The van der Waals surface area contributed by atoms with Crippen molar-refractivity contribution in [2.24, 2.45) is 5.73 Å². The van der Waals surface area contributed by atoms with Gasteiger partial charge in [-0.05, 0) is 17.7 Å². The number of imidazole rings is 1. The van der Waals surface area contributed by atoms with Crippen molar-refractivity contribution in [1.82, 2.24) is 14.9 Å². The van der Waals surface area contributed by atoms with Gasteiger partial charge < -0.3 is 30.4 Å². The fraction of sp³-hybridized carbons (Fsp3) is 0.353. The quantitative estimate of drug-likeness (QED) is 0.413. The number of amides is 1. The smallest absolute Gasteiger partial charge is 0.290 e. The first kappa shape index (κ1) is 23.2. The molecular weight excluding hydrogens is 392 g/mol. The Hall–Kier alpha value is -2.82. The highest BCUT2D eigenvalue weighted by Crippen LogP contribution is 2.36. The summed E-state index contributed by atoms with van der Waals surface area (Å²) < 4.78 is 10.6. The molecule has 0 spiro atoms. The normalized spacial score (nSPS) is 10.1. The molecule has 2 rings (SSSR count). The maximum atomic E-state index is 10.9. The van der Waals surface area contributed by atoms with Gasteiger partial charge in [-0.1, -0.05) is 11.6 Å². The van der Waals surface area contributed by atoms with E-state index in [4.69, 9.17) is 36.7 Å². The third kappa shape index (κ3) is 7.82. The monoisotopic (exact) mass is 414 g/mol. The number of nitrogens with two attached hydrogens (primary N) is 1. The van der Waals surface area contributed by atoms with Gasteiger partial charge in [-0.15, -0.1) is 0 Å². The maximum absolute atomic E-state index is 10.9. The van der Waals surface area contributed by atoms with E-state index in [9.17, 15) is 9.90 Å². The molecule has 0 unspecified atom stereocenters. The number of hydrogen-bond donors (Lipinski definition) is 4. The second kappa shape index (κ2) is 12.5. The van der Waals surface area contributed by atoms with E-state index < -0.39 is 5.91 Å². The number of hydrogen-bond acceptors (Lipinski definition) is 7. The molecule has 28 heavy (non-hydrogen) atoms. The lowest BCUT2D eigenvalue weighted by Gasteiger charge is -2.21. The van der Waals surface area contributed by atoms with Gasteiger partial charge in [-0.25, -0.2) is 4.98 Å². The number of aliphatic hydroxyl groups is 1. The highest BCUT2D eigenvalue weighted by molar-refractivity contribution is 6.32. The van der Waals surface area contributed by atoms with Gasteiger partial charge >= 0.3 is 0 Å². The predicted octanol–water partition coefficient (Wildman–Crippen LogP) is 0.631. The summed E-state index contributed by atoms with van der Waals surface area (Å²) >= 11 is 6.26. The summed E-state index contributed by atoms with van der Waals surface area (Å²) in [5.41, 5.74) is 5.96. The van der Waals surface area contributed by atoms with Crippen molar-refractivity contribution in [1.29, 1.82) is 0 Å². The van der Waals surface area contributed by atoms with Gasteiger partial charge in [-0.3, -0.25) is 14.5 Å². The number of aromatic amines is 1. The number of halogens is 1. The van der Waals surface area contributed by atoms with Crippen LogP contribution in [0.5, 0.6) is 11.5 Å². The summed E-state index contributed by atoms with van der Waals surface area (Å²) in [6.07, 6.45) is 3.43. The molecule has 0 fully saturated rings. The zero-order chi connectivity index (χ0) is 20.9. The largest absolute Gasteiger partial charge is 0.493 e. The molecule has 154 valence electrons.